The average molecular weight is 286 g/mol. The quantitative estimate of drug-likeness (QED) is 0.605. The summed E-state index contributed by atoms with van der Waals surface area (Å²) >= 11 is 0. The van der Waals surface area contributed by atoms with Gasteiger partial charge in [-0.15, -0.1) is 0 Å². The van der Waals surface area contributed by atoms with Gasteiger partial charge in [0.2, 0.25) is 0 Å². The maximum absolute atomic E-state index is 11.7. The molecule has 21 heavy (non-hydrogen) atoms. The molecule has 0 saturated carbocycles. The van der Waals surface area contributed by atoms with E-state index in [4.69, 9.17) is 9.47 Å². The second-order valence-electron chi connectivity index (χ2n) is 4.38. The van der Waals surface area contributed by atoms with Crippen LogP contribution in [0.2, 0.25) is 0 Å². The van der Waals surface area contributed by atoms with Crippen LogP contribution in [0, 0.1) is 0 Å². The van der Waals surface area contributed by atoms with Gasteiger partial charge in [-0.3, -0.25) is 4.68 Å². The minimum Gasteiger partial charge on any atom is -0.490 e. The topological polar surface area (TPSA) is 53.4 Å². The molecule has 1 aromatic heterocycles. The van der Waals surface area contributed by atoms with E-state index < -0.39 is 5.97 Å². The minimum absolute atomic E-state index is 0.307. The number of aryl methyl sites for hydroxylation is 1. The van der Waals surface area contributed by atoms with Gasteiger partial charge in [0.05, 0.1) is 12.3 Å². The fourth-order valence-corrected chi connectivity index (χ4v) is 1.92. The van der Waals surface area contributed by atoms with Crippen LogP contribution >= 0.6 is 0 Å². The van der Waals surface area contributed by atoms with Crippen molar-refractivity contribution in [1.29, 1.82) is 0 Å². The lowest BCUT2D eigenvalue weighted by molar-refractivity contribution is 0.0518. The van der Waals surface area contributed by atoms with Crippen LogP contribution in [0.3, 0.4) is 0 Å². The summed E-state index contributed by atoms with van der Waals surface area (Å²) in [6, 6.07) is 9.30. The van der Waals surface area contributed by atoms with E-state index in [1.54, 1.807) is 30.8 Å². The maximum Gasteiger partial charge on any atom is 0.358 e. The zero-order valence-corrected chi connectivity index (χ0v) is 12.2. The summed E-state index contributed by atoms with van der Waals surface area (Å²) in [5.74, 6) is 0.358. The number of nitrogens with zero attached hydrogens (tertiary/aromatic N) is 2. The summed E-state index contributed by atoms with van der Waals surface area (Å²) in [6.07, 6.45) is 1.70. The van der Waals surface area contributed by atoms with Crippen LogP contribution in [0.5, 0.6) is 5.75 Å². The van der Waals surface area contributed by atoms with Gasteiger partial charge in [-0.05, 0) is 37.3 Å². The molecule has 5 heteroatoms. The van der Waals surface area contributed by atoms with Gasteiger partial charge in [-0.2, -0.15) is 5.10 Å². The summed E-state index contributed by atoms with van der Waals surface area (Å²) in [5.41, 5.74) is 2.10. The van der Waals surface area contributed by atoms with E-state index in [9.17, 15) is 4.79 Å². The van der Waals surface area contributed by atoms with Crippen molar-refractivity contribution in [3.8, 4) is 17.0 Å². The summed E-state index contributed by atoms with van der Waals surface area (Å²) < 4.78 is 12.0. The Morgan fingerprint density at radius 1 is 1.38 bits per heavy atom. The first-order valence-electron chi connectivity index (χ1n) is 6.71. The largest absolute Gasteiger partial charge is 0.490 e. The number of rotatable bonds is 6. The van der Waals surface area contributed by atoms with E-state index >= 15 is 0 Å². The Morgan fingerprint density at radius 2 is 2.10 bits per heavy atom. The third kappa shape index (κ3) is 3.51. The van der Waals surface area contributed by atoms with Gasteiger partial charge >= 0.3 is 5.97 Å². The number of aromatic nitrogens is 2. The molecule has 2 rings (SSSR count). The van der Waals surface area contributed by atoms with Crippen LogP contribution in [0.1, 0.15) is 17.4 Å². The highest BCUT2D eigenvalue weighted by Gasteiger charge is 2.14. The van der Waals surface area contributed by atoms with Crippen LogP contribution in [-0.4, -0.2) is 29.0 Å². The van der Waals surface area contributed by atoms with Gasteiger partial charge < -0.3 is 9.47 Å². The van der Waals surface area contributed by atoms with Crippen LogP contribution in [-0.2, 0) is 11.8 Å². The minimum atomic E-state index is -0.412. The molecule has 0 bridgehead atoms. The molecule has 0 spiro atoms. The van der Waals surface area contributed by atoms with E-state index in [0.717, 1.165) is 17.0 Å². The molecule has 0 atom stereocenters. The van der Waals surface area contributed by atoms with Crippen molar-refractivity contribution in [2.24, 2.45) is 7.05 Å². The zero-order chi connectivity index (χ0) is 15.2. The van der Waals surface area contributed by atoms with Crippen molar-refractivity contribution in [2.45, 2.75) is 6.92 Å². The highest BCUT2D eigenvalue weighted by Crippen LogP contribution is 2.23. The Hall–Kier alpha value is -2.56. The third-order valence-corrected chi connectivity index (χ3v) is 2.88. The standard InChI is InChI=1S/C16H18N2O3/c1-4-10-21-13-8-6-12(7-9-13)15-11-14(17-18(15)3)16(19)20-5-2/h4,6-9,11H,1,5,10H2,2-3H3. The number of benzene rings is 1. The van der Waals surface area contributed by atoms with Crippen LogP contribution < -0.4 is 4.74 Å². The lowest BCUT2D eigenvalue weighted by Gasteiger charge is -2.05. The molecule has 0 unspecified atom stereocenters. The number of carbonyl (C=O) groups excluding carboxylic acids is 1. The molecular weight excluding hydrogens is 268 g/mol. The SMILES string of the molecule is C=CCOc1ccc(-c2cc(C(=O)OCC)nn2C)cc1. The van der Waals surface area contributed by atoms with Crippen molar-refractivity contribution in [2.75, 3.05) is 13.2 Å². The van der Waals surface area contributed by atoms with Gasteiger partial charge in [0.1, 0.15) is 12.4 Å². The molecule has 1 heterocycles. The van der Waals surface area contributed by atoms with Gasteiger partial charge in [-0.25, -0.2) is 4.79 Å². The first-order valence-corrected chi connectivity index (χ1v) is 6.71. The third-order valence-electron chi connectivity index (χ3n) is 2.88. The van der Waals surface area contributed by atoms with Crippen molar-refractivity contribution < 1.29 is 14.3 Å². The average Bonchev–Trinajstić information content (AvgIpc) is 2.88. The Bertz CT molecular complexity index is 629. The molecule has 0 aliphatic rings. The molecule has 0 saturated heterocycles. The molecular formula is C16H18N2O3. The van der Waals surface area contributed by atoms with Crippen molar-refractivity contribution >= 4 is 5.97 Å². The summed E-state index contributed by atoms with van der Waals surface area (Å²) in [7, 11) is 1.79. The monoisotopic (exact) mass is 286 g/mol. The van der Waals surface area contributed by atoms with E-state index in [1.165, 1.54) is 0 Å². The lowest BCUT2D eigenvalue weighted by atomic mass is 10.1. The predicted octanol–water partition coefficient (Wildman–Crippen LogP) is 2.83. The fraction of sp³-hybridized carbons (Fsp3) is 0.250. The zero-order valence-electron chi connectivity index (χ0n) is 12.2. The van der Waals surface area contributed by atoms with Gasteiger partial charge in [0, 0.05) is 12.6 Å². The van der Waals surface area contributed by atoms with Crippen LogP contribution in [0.15, 0.2) is 43.0 Å². The molecule has 2 aromatic rings. The normalized spacial score (nSPS) is 10.2. The number of carbonyl (C=O) groups is 1. The molecule has 1 aromatic carbocycles. The van der Waals surface area contributed by atoms with Crippen molar-refractivity contribution in [1.82, 2.24) is 9.78 Å². The molecule has 110 valence electrons. The maximum atomic E-state index is 11.7. The summed E-state index contributed by atoms with van der Waals surface area (Å²) in [5, 5.41) is 4.18. The smallest absolute Gasteiger partial charge is 0.358 e. The fourth-order valence-electron chi connectivity index (χ4n) is 1.92. The van der Waals surface area contributed by atoms with E-state index in [0.29, 0.717) is 18.9 Å². The van der Waals surface area contributed by atoms with Crippen molar-refractivity contribution in [3.63, 3.8) is 0 Å². The van der Waals surface area contributed by atoms with E-state index in [-0.39, 0.29) is 0 Å². The molecule has 0 aliphatic carbocycles. The number of ether oxygens (including phenoxy) is 2. The molecule has 0 amide bonds. The Morgan fingerprint density at radius 3 is 2.71 bits per heavy atom. The summed E-state index contributed by atoms with van der Waals surface area (Å²) in [6.45, 7) is 6.18. The highest BCUT2D eigenvalue weighted by atomic mass is 16.5. The van der Waals surface area contributed by atoms with Crippen molar-refractivity contribution in [3.05, 3.63) is 48.7 Å². The molecule has 0 N–H and O–H groups in total. The first-order chi connectivity index (χ1) is 10.2. The Balaban J connectivity index is 2.21. The van der Waals surface area contributed by atoms with Gasteiger partial charge in [0.25, 0.3) is 0 Å². The predicted molar refractivity (Wildman–Crippen MR) is 80.3 cm³/mol. The van der Waals surface area contributed by atoms with Gasteiger partial charge in [-0.1, -0.05) is 12.7 Å². The van der Waals surface area contributed by atoms with Gasteiger partial charge in [0.15, 0.2) is 5.69 Å². The Kier molecular flexibility index (Phi) is 4.77. The number of hydrogen-bond donors (Lipinski definition) is 0. The first kappa shape index (κ1) is 14.8. The second kappa shape index (κ2) is 6.74. The molecule has 0 fully saturated rings. The summed E-state index contributed by atoms with van der Waals surface area (Å²) in [4.78, 5) is 11.7. The highest BCUT2D eigenvalue weighted by molar-refractivity contribution is 5.88. The van der Waals surface area contributed by atoms with E-state index in [1.807, 2.05) is 24.3 Å². The lowest BCUT2D eigenvalue weighted by Crippen LogP contribution is -2.05. The Labute approximate surface area is 123 Å². The number of esters is 1. The molecule has 0 radical (unpaired) electrons. The van der Waals surface area contributed by atoms with E-state index in [2.05, 4.69) is 11.7 Å². The number of hydrogen-bond acceptors (Lipinski definition) is 4. The molecule has 0 aliphatic heterocycles. The second-order valence-corrected chi connectivity index (χ2v) is 4.38. The van der Waals surface area contributed by atoms with Crippen LogP contribution in [0.25, 0.3) is 11.3 Å². The molecule has 5 nitrogen and oxygen atoms in total. The van der Waals surface area contributed by atoms with Crippen LogP contribution in [0.4, 0.5) is 0 Å².